The van der Waals surface area contributed by atoms with Gasteiger partial charge in [0.15, 0.2) is 6.54 Å². The van der Waals surface area contributed by atoms with Gasteiger partial charge in [-0.15, -0.1) is 0 Å². The van der Waals surface area contributed by atoms with Gasteiger partial charge in [0.05, 0.1) is 5.75 Å². The molecule has 140 valence electrons. The van der Waals surface area contributed by atoms with Gasteiger partial charge in [-0.1, -0.05) is 69.5 Å². The molecule has 0 saturated heterocycles. The first-order valence-corrected chi connectivity index (χ1v) is 11.4. The highest BCUT2D eigenvalue weighted by atomic mass is 32.2. The standard InChI is InChI=1S/C23H33N2S/c1-23(2)19-12-6-7-13-20(19)24(3)21(23)17-22-25(15-16-26-22)14-8-11-18-9-4-5-10-18/h6-7,12-13,17-18H,4-5,8-11,14-16H2,1-3H3/q+1. The minimum atomic E-state index is 0.0804. The number of fused-ring (bicyclic) bond motifs is 1. The monoisotopic (exact) mass is 369 g/mol. The minimum Gasteiger partial charge on any atom is -0.347 e. The van der Waals surface area contributed by atoms with Gasteiger partial charge in [-0.2, -0.15) is 0 Å². The fourth-order valence-electron chi connectivity index (χ4n) is 5.06. The van der Waals surface area contributed by atoms with E-state index in [1.807, 2.05) is 11.8 Å². The summed E-state index contributed by atoms with van der Waals surface area (Å²) in [5.41, 5.74) is 4.32. The molecular formula is C23H33N2S+. The first-order chi connectivity index (χ1) is 12.6. The van der Waals surface area contributed by atoms with E-state index in [-0.39, 0.29) is 5.41 Å². The summed E-state index contributed by atoms with van der Waals surface area (Å²) in [5, 5.41) is 1.49. The highest BCUT2D eigenvalue weighted by Gasteiger charge is 2.39. The normalized spacial score (nSPS) is 24.1. The lowest BCUT2D eigenvalue weighted by atomic mass is 9.84. The number of rotatable bonds is 5. The van der Waals surface area contributed by atoms with E-state index in [2.05, 4.69) is 60.7 Å². The van der Waals surface area contributed by atoms with Crippen LogP contribution in [-0.4, -0.2) is 35.5 Å². The van der Waals surface area contributed by atoms with E-state index in [1.165, 1.54) is 79.4 Å². The van der Waals surface area contributed by atoms with Crippen molar-refractivity contribution in [3.8, 4) is 0 Å². The van der Waals surface area contributed by atoms with Gasteiger partial charge in [-0.25, -0.2) is 4.58 Å². The average Bonchev–Trinajstić information content (AvgIpc) is 3.34. The van der Waals surface area contributed by atoms with Crippen LogP contribution in [0.5, 0.6) is 0 Å². The average molecular weight is 370 g/mol. The van der Waals surface area contributed by atoms with Crippen LogP contribution in [0, 0.1) is 5.92 Å². The fourth-order valence-corrected chi connectivity index (χ4v) is 6.14. The number of nitrogens with zero attached hydrogens (tertiary/aromatic N) is 2. The maximum absolute atomic E-state index is 2.64. The lowest BCUT2D eigenvalue weighted by Gasteiger charge is -2.23. The van der Waals surface area contributed by atoms with Crippen LogP contribution < -0.4 is 4.90 Å². The summed E-state index contributed by atoms with van der Waals surface area (Å²) in [6, 6.07) is 8.87. The second kappa shape index (κ2) is 7.42. The lowest BCUT2D eigenvalue weighted by Crippen LogP contribution is -2.25. The van der Waals surface area contributed by atoms with E-state index in [0.717, 1.165) is 5.92 Å². The van der Waals surface area contributed by atoms with E-state index in [4.69, 9.17) is 0 Å². The van der Waals surface area contributed by atoms with Crippen LogP contribution in [0.4, 0.5) is 5.69 Å². The summed E-state index contributed by atoms with van der Waals surface area (Å²) in [4.78, 5) is 2.40. The quantitative estimate of drug-likeness (QED) is 0.639. The molecule has 0 amide bonds. The van der Waals surface area contributed by atoms with E-state index in [1.54, 1.807) is 0 Å². The maximum Gasteiger partial charge on any atom is 0.236 e. The van der Waals surface area contributed by atoms with Crippen molar-refractivity contribution in [1.82, 2.24) is 0 Å². The van der Waals surface area contributed by atoms with Crippen molar-refractivity contribution in [3.05, 3.63) is 41.6 Å². The second-order valence-corrected chi connectivity index (χ2v) is 9.81. The Morgan fingerprint density at radius 2 is 2.00 bits per heavy atom. The van der Waals surface area contributed by atoms with Gasteiger partial charge in [0.25, 0.3) is 0 Å². The predicted octanol–water partition coefficient (Wildman–Crippen LogP) is 5.43. The molecule has 0 unspecified atom stereocenters. The zero-order valence-corrected chi connectivity index (χ0v) is 17.4. The van der Waals surface area contributed by atoms with Gasteiger partial charge < -0.3 is 4.90 Å². The highest BCUT2D eigenvalue weighted by Crippen LogP contribution is 2.46. The van der Waals surface area contributed by atoms with Crippen LogP contribution in [-0.2, 0) is 5.41 Å². The van der Waals surface area contributed by atoms with E-state index in [0.29, 0.717) is 0 Å². The predicted molar refractivity (Wildman–Crippen MR) is 115 cm³/mol. The zero-order chi connectivity index (χ0) is 18.1. The molecular weight excluding hydrogens is 336 g/mol. The van der Waals surface area contributed by atoms with Crippen molar-refractivity contribution < 1.29 is 4.58 Å². The molecule has 0 bridgehead atoms. The van der Waals surface area contributed by atoms with Gasteiger partial charge in [0, 0.05) is 36.3 Å². The van der Waals surface area contributed by atoms with Crippen LogP contribution in [0.1, 0.15) is 57.9 Å². The van der Waals surface area contributed by atoms with Gasteiger partial charge in [0.2, 0.25) is 5.04 Å². The molecule has 1 fully saturated rings. The number of likely N-dealkylation sites (N-methyl/N-ethyl adjacent to an activating group) is 1. The Kier molecular flexibility index (Phi) is 5.18. The van der Waals surface area contributed by atoms with Crippen LogP contribution >= 0.6 is 11.8 Å². The molecule has 1 aromatic rings. The summed E-state index contributed by atoms with van der Waals surface area (Å²) in [5.74, 6) is 2.25. The summed E-state index contributed by atoms with van der Waals surface area (Å²) in [6.07, 6.45) is 11.2. The van der Waals surface area contributed by atoms with Gasteiger partial charge in [-0.05, 0) is 24.0 Å². The maximum atomic E-state index is 2.64. The molecule has 2 nitrogen and oxygen atoms in total. The molecule has 2 heterocycles. The lowest BCUT2D eigenvalue weighted by molar-refractivity contribution is -0.517. The Hall–Kier alpha value is -1.22. The Labute approximate surface area is 163 Å². The van der Waals surface area contributed by atoms with E-state index in [9.17, 15) is 0 Å². The highest BCUT2D eigenvalue weighted by molar-refractivity contribution is 8.14. The van der Waals surface area contributed by atoms with Gasteiger partial charge in [0.1, 0.15) is 6.54 Å². The second-order valence-electron chi connectivity index (χ2n) is 8.70. The van der Waals surface area contributed by atoms with Crippen LogP contribution in [0.15, 0.2) is 36.0 Å². The van der Waals surface area contributed by atoms with Crippen molar-refractivity contribution in [1.29, 1.82) is 0 Å². The molecule has 0 spiro atoms. The third-order valence-electron chi connectivity index (χ3n) is 6.64. The number of hydrogen-bond acceptors (Lipinski definition) is 2. The number of para-hydroxylation sites is 1. The number of hydrogen-bond donors (Lipinski definition) is 0. The molecule has 1 aromatic carbocycles. The van der Waals surface area contributed by atoms with Crippen LogP contribution in [0.25, 0.3) is 0 Å². The van der Waals surface area contributed by atoms with Gasteiger partial charge in [-0.3, -0.25) is 0 Å². The van der Waals surface area contributed by atoms with E-state index < -0.39 is 0 Å². The molecule has 0 radical (unpaired) electrons. The number of thioether (sulfide) groups is 1. The fraction of sp³-hybridized carbons (Fsp3) is 0.609. The number of benzene rings is 1. The Morgan fingerprint density at radius 3 is 2.77 bits per heavy atom. The molecule has 0 aromatic heterocycles. The Bertz CT molecular complexity index is 725. The molecule has 1 saturated carbocycles. The van der Waals surface area contributed by atoms with Gasteiger partial charge >= 0.3 is 0 Å². The van der Waals surface area contributed by atoms with Crippen LogP contribution in [0.3, 0.4) is 0 Å². The largest absolute Gasteiger partial charge is 0.347 e. The van der Waals surface area contributed by atoms with Crippen molar-refractivity contribution in [2.45, 2.75) is 57.8 Å². The smallest absolute Gasteiger partial charge is 0.236 e. The van der Waals surface area contributed by atoms with Crippen molar-refractivity contribution in [2.75, 3.05) is 30.8 Å². The minimum absolute atomic E-state index is 0.0804. The van der Waals surface area contributed by atoms with Crippen molar-refractivity contribution in [3.63, 3.8) is 0 Å². The first kappa shape index (κ1) is 18.2. The Balaban J connectivity index is 1.52. The molecule has 0 atom stereocenters. The zero-order valence-electron chi connectivity index (χ0n) is 16.6. The molecule has 0 N–H and O–H groups in total. The molecule has 4 rings (SSSR count). The molecule has 1 aliphatic carbocycles. The molecule has 2 aliphatic heterocycles. The van der Waals surface area contributed by atoms with Crippen molar-refractivity contribution in [2.24, 2.45) is 5.92 Å². The third kappa shape index (κ3) is 3.35. The van der Waals surface area contributed by atoms with E-state index >= 15 is 0 Å². The summed E-state index contributed by atoms with van der Waals surface area (Å²) in [7, 11) is 2.23. The SMILES string of the molecule is CN1/C(=C/C2=[N+](CCCC3CCCC3)CCS2)C(C)(C)c2ccccc21. The third-order valence-corrected chi connectivity index (χ3v) is 7.70. The summed E-state index contributed by atoms with van der Waals surface area (Å²) < 4.78 is 2.64. The number of allylic oxidation sites excluding steroid dienone is 1. The summed E-state index contributed by atoms with van der Waals surface area (Å²) in [6.45, 7) is 7.18. The van der Waals surface area contributed by atoms with Crippen molar-refractivity contribution >= 4 is 22.5 Å². The van der Waals surface area contributed by atoms with Crippen LogP contribution in [0.2, 0.25) is 0 Å². The summed E-state index contributed by atoms with van der Waals surface area (Å²) >= 11 is 2.04. The number of anilines is 1. The Morgan fingerprint density at radius 1 is 1.23 bits per heavy atom. The molecule has 3 heteroatoms. The molecule has 26 heavy (non-hydrogen) atoms. The topological polar surface area (TPSA) is 6.25 Å². The first-order valence-electron chi connectivity index (χ1n) is 10.4. The molecule has 3 aliphatic rings.